The topological polar surface area (TPSA) is 50.4 Å². The zero-order valence-electron chi connectivity index (χ0n) is 6.40. The van der Waals surface area contributed by atoms with Gasteiger partial charge in [0.1, 0.15) is 0 Å². The van der Waals surface area contributed by atoms with E-state index in [1.807, 2.05) is 30.3 Å². The summed E-state index contributed by atoms with van der Waals surface area (Å²) in [4.78, 5) is 3.69. The molecule has 0 aliphatic rings. The molecule has 0 atom stereocenters. The van der Waals surface area contributed by atoms with Crippen molar-refractivity contribution in [2.45, 2.75) is 0 Å². The summed E-state index contributed by atoms with van der Waals surface area (Å²) < 4.78 is 0. The Labute approximate surface area is 76.3 Å². The van der Waals surface area contributed by atoms with Gasteiger partial charge in [0.25, 0.3) is 0 Å². The molecule has 3 N–H and O–H groups in total. The molecule has 0 saturated carbocycles. The summed E-state index contributed by atoms with van der Waals surface area (Å²) in [7, 11) is 0. The van der Waals surface area contributed by atoms with E-state index in [9.17, 15) is 0 Å². The SMILES string of the molecule is N/C=N/C(=S)Nc1ccccc1. The van der Waals surface area contributed by atoms with Crippen LogP contribution in [0.3, 0.4) is 0 Å². The Morgan fingerprint density at radius 3 is 2.67 bits per heavy atom. The Hall–Kier alpha value is -1.42. The van der Waals surface area contributed by atoms with Gasteiger partial charge in [0.05, 0.1) is 6.34 Å². The Balaban J connectivity index is 2.59. The number of nitrogens with one attached hydrogen (secondary N) is 1. The van der Waals surface area contributed by atoms with E-state index in [1.165, 1.54) is 0 Å². The Morgan fingerprint density at radius 2 is 2.08 bits per heavy atom. The Morgan fingerprint density at radius 1 is 1.42 bits per heavy atom. The molecule has 0 amide bonds. The highest BCUT2D eigenvalue weighted by Gasteiger charge is 1.91. The first-order valence-corrected chi connectivity index (χ1v) is 3.84. The number of benzene rings is 1. The highest BCUT2D eigenvalue weighted by molar-refractivity contribution is 7.80. The normalized spacial score (nSPS) is 10.0. The molecule has 0 spiro atoms. The van der Waals surface area contributed by atoms with E-state index in [0.29, 0.717) is 5.11 Å². The Kier molecular flexibility index (Phi) is 3.22. The second kappa shape index (κ2) is 4.46. The number of nitrogens with two attached hydrogens (primary N) is 1. The quantitative estimate of drug-likeness (QED) is 0.389. The first kappa shape index (κ1) is 8.67. The minimum absolute atomic E-state index is 0.365. The van der Waals surface area contributed by atoms with Gasteiger partial charge in [-0.2, -0.15) is 0 Å². The van der Waals surface area contributed by atoms with Crippen LogP contribution in [-0.4, -0.2) is 11.5 Å². The van der Waals surface area contributed by atoms with Gasteiger partial charge < -0.3 is 11.1 Å². The fourth-order valence-electron chi connectivity index (χ4n) is 0.745. The molecule has 1 aromatic rings. The summed E-state index contributed by atoms with van der Waals surface area (Å²) >= 11 is 4.85. The molecule has 1 aromatic carbocycles. The van der Waals surface area contributed by atoms with Crippen molar-refractivity contribution < 1.29 is 0 Å². The lowest BCUT2D eigenvalue weighted by atomic mass is 10.3. The molecule has 0 unspecified atom stereocenters. The maximum Gasteiger partial charge on any atom is 0.198 e. The molecule has 1 rings (SSSR count). The van der Waals surface area contributed by atoms with Crippen LogP contribution in [-0.2, 0) is 0 Å². The maximum atomic E-state index is 5.06. The summed E-state index contributed by atoms with van der Waals surface area (Å²) in [6.07, 6.45) is 1.16. The van der Waals surface area contributed by atoms with Crippen molar-refractivity contribution in [3.05, 3.63) is 30.3 Å². The van der Waals surface area contributed by atoms with Crippen LogP contribution in [0.25, 0.3) is 0 Å². The minimum atomic E-state index is 0.365. The molecule has 0 radical (unpaired) electrons. The van der Waals surface area contributed by atoms with Gasteiger partial charge in [-0.05, 0) is 24.4 Å². The largest absolute Gasteiger partial charge is 0.390 e. The zero-order valence-corrected chi connectivity index (χ0v) is 7.21. The lowest BCUT2D eigenvalue weighted by Crippen LogP contribution is -2.07. The molecule has 0 aliphatic heterocycles. The predicted molar refractivity (Wildman–Crippen MR) is 55.3 cm³/mol. The van der Waals surface area contributed by atoms with E-state index >= 15 is 0 Å². The number of nitrogens with zero attached hydrogens (tertiary/aromatic N) is 1. The predicted octanol–water partition coefficient (Wildman–Crippen LogP) is 1.37. The number of hydrogen-bond acceptors (Lipinski definition) is 1. The smallest absolute Gasteiger partial charge is 0.198 e. The van der Waals surface area contributed by atoms with E-state index in [1.54, 1.807) is 0 Å². The van der Waals surface area contributed by atoms with Crippen molar-refractivity contribution in [3.63, 3.8) is 0 Å². The number of thiocarbonyl (C=S) groups is 1. The molecular weight excluding hydrogens is 170 g/mol. The third-order valence-electron chi connectivity index (χ3n) is 1.22. The second-order valence-electron chi connectivity index (χ2n) is 2.07. The number of rotatable bonds is 1. The molecule has 0 fully saturated rings. The standard InChI is InChI=1S/C8H9N3S/c9-6-10-8(12)11-7-4-2-1-3-5-7/h1-6H,(H3,9,10,11,12). The molecular formula is C8H9N3S. The van der Waals surface area contributed by atoms with Crippen LogP contribution >= 0.6 is 12.2 Å². The van der Waals surface area contributed by atoms with Gasteiger partial charge in [-0.25, -0.2) is 4.99 Å². The van der Waals surface area contributed by atoms with Crippen molar-refractivity contribution >= 4 is 29.4 Å². The van der Waals surface area contributed by atoms with Gasteiger partial charge in [-0.15, -0.1) is 0 Å². The monoisotopic (exact) mass is 179 g/mol. The minimum Gasteiger partial charge on any atom is -0.390 e. The number of aliphatic imine (C=N–C) groups is 1. The fraction of sp³-hybridized carbons (Fsp3) is 0. The van der Waals surface area contributed by atoms with Crippen molar-refractivity contribution in [1.82, 2.24) is 0 Å². The van der Waals surface area contributed by atoms with Crippen molar-refractivity contribution in [2.75, 3.05) is 5.32 Å². The fourth-order valence-corrected chi connectivity index (χ4v) is 0.924. The maximum absolute atomic E-state index is 5.06. The molecule has 0 heterocycles. The Bertz CT molecular complexity index is 282. The highest BCUT2D eigenvalue weighted by atomic mass is 32.1. The summed E-state index contributed by atoms with van der Waals surface area (Å²) in [5.74, 6) is 0. The van der Waals surface area contributed by atoms with E-state index in [4.69, 9.17) is 18.0 Å². The van der Waals surface area contributed by atoms with Crippen molar-refractivity contribution in [3.8, 4) is 0 Å². The molecule has 0 saturated heterocycles. The van der Waals surface area contributed by atoms with Crippen LogP contribution in [0.2, 0.25) is 0 Å². The molecule has 4 heteroatoms. The molecule has 12 heavy (non-hydrogen) atoms. The lowest BCUT2D eigenvalue weighted by Gasteiger charge is -2.01. The highest BCUT2D eigenvalue weighted by Crippen LogP contribution is 2.04. The average Bonchev–Trinajstić information content (AvgIpc) is 2.06. The first-order chi connectivity index (χ1) is 5.83. The molecule has 3 nitrogen and oxygen atoms in total. The molecule has 62 valence electrons. The molecule has 0 aliphatic carbocycles. The molecule has 0 aromatic heterocycles. The van der Waals surface area contributed by atoms with Crippen LogP contribution in [0, 0.1) is 0 Å². The van der Waals surface area contributed by atoms with Gasteiger partial charge in [0.15, 0.2) is 5.11 Å². The van der Waals surface area contributed by atoms with E-state index < -0.39 is 0 Å². The summed E-state index contributed by atoms with van der Waals surface area (Å²) in [5.41, 5.74) is 5.97. The van der Waals surface area contributed by atoms with Gasteiger partial charge in [-0.3, -0.25) is 0 Å². The van der Waals surface area contributed by atoms with E-state index in [-0.39, 0.29) is 0 Å². The van der Waals surface area contributed by atoms with Gasteiger partial charge in [0, 0.05) is 5.69 Å². The van der Waals surface area contributed by atoms with Crippen molar-refractivity contribution in [1.29, 1.82) is 0 Å². The van der Waals surface area contributed by atoms with Gasteiger partial charge >= 0.3 is 0 Å². The van der Waals surface area contributed by atoms with Gasteiger partial charge in [-0.1, -0.05) is 18.2 Å². The molecule has 0 bridgehead atoms. The third kappa shape index (κ3) is 2.67. The number of para-hydroxylation sites is 1. The van der Waals surface area contributed by atoms with Crippen LogP contribution < -0.4 is 11.1 Å². The van der Waals surface area contributed by atoms with E-state index in [0.717, 1.165) is 12.0 Å². The summed E-state index contributed by atoms with van der Waals surface area (Å²) in [5, 5.41) is 3.26. The van der Waals surface area contributed by atoms with Crippen LogP contribution in [0.1, 0.15) is 0 Å². The third-order valence-corrected chi connectivity index (χ3v) is 1.42. The van der Waals surface area contributed by atoms with Crippen LogP contribution in [0.15, 0.2) is 35.3 Å². The second-order valence-corrected chi connectivity index (χ2v) is 2.46. The average molecular weight is 179 g/mol. The van der Waals surface area contributed by atoms with Crippen molar-refractivity contribution in [2.24, 2.45) is 10.7 Å². The van der Waals surface area contributed by atoms with Gasteiger partial charge in [0.2, 0.25) is 0 Å². The summed E-state index contributed by atoms with van der Waals surface area (Å²) in [6.45, 7) is 0. The van der Waals surface area contributed by atoms with Crippen LogP contribution in [0.4, 0.5) is 5.69 Å². The summed E-state index contributed by atoms with van der Waals surface area (Å²) in [6, 6.07) is 9.56. The number of hydrogen-bond donors (Lipinski definition) is 2. The number of anilines is 1. The first-order valence-electron chi connectivity index (χ1n) is 3.43. The zero-order chi connectivity index (χ0) is 8.81. The van der Waals surface area contributed by atoms with Crippen LogP contribution in [0.5, 0.6) is 0 Å². The van der Waals surface area contributed by atoms with E-state index in [2.05, 4.69) is 10.3 Å². The lowest BCUT2D eigenvalue weighted by molar-refractivity contribution is 1.59.